The van der Waals surface area contributed by atoms with Crippen LogP contribution in [0.5, 0.6) is 0 Å². The van der Waals surface area contributed by atoms with E-state index in [4.69, 9.17) is 6.42 Å². The van der Waals surface area contributed by atoms with E-state index in [1.807, 2.05) is 24.3 Å². The Morgan fingerprint density at radius 1 is 1.61 bits per heavy atom. The predicted octanol–water partition coefficient (Wildman–Crippen LogP) is 1.52. The normalized spacial score (nSPS) is 20.3. The molecule has 1 aromatic rings. The van der Waals surface area contributed by atoms with Gasteiger partial charge in [-0.1, -0.05) is 18.1 Å². The van der Waals surface area contributed by atoms with Crippen molar-refractivity contribution < 1.29 is 9.90 Å². The highest BCUT2D eigenvalue weighted by Gasteiger charge is 2.30. The van der Waals surface area contributed by atoms with Gasteiger partial charge in [-0.15, -0.1) is 6.42 Å². The summed E-state index contributed by atoms with van der Waals surface area (Å²) in [6.07, 6.45) is 6.84. The quantitative estimate of drug-likeness (QED) is 0.788. The second kappa shape index (κ2) is 5.70. The molecule has 3 nitrogen and oxygen atoms in total. The minimum Gasteiger partial charge on any atom is -0.481 e. The van der Waals surface area contributed by atoms with E-state index in [2.05, 4.69) is 11.2 Å². The number of rotatable bonds is 4. The van der Waals surface area contributed by atoms with Crippen LogP contribution in [0.1, 0.15) is 17.5 Å². The average molecular weight is 243 g/mol. The van der Waals surface area contributed by atoms with Gasteiger partial charge in [0, 0.05) is 5.56 Å². The van der Waals surface area contributed by atoms with Crippen LogP contribution in [0.15, 0.2) is 24.3 Å². The molecule has 1 saturated heterocycles. The van der Waals surface area contributed by atoms with Crippen molar-refractivity contribution in [1.82, 2.24) is 5.32 Å². The molecule has 0 aliphatic carbocycles. The Balaban J connectivity index is 2.13. The minimum atomic E-state index is -0.713. The molecule has 1 heterocycles. The molecule has 0 amide bonds. The first-order valence-corrected chi connectivity index (χ1v) is 6.20. The van der Waals surface area contributed by atoms with Gasteiger partial charge in [0.2, 0.25) is 0 Å². The maximum absolute atomic E-state index is 11.4. The second-order valence-electron chi connectivity index (χ2n) is 4.75. The summed E-state index contributed by atoms with van der Waals surface area (Å²) in [6.45, 7) is 1.71. The molecule has 0 spiro atoms. The molecular weight excluding hydrogens is 226 g/mol. The third-order valence-electron chi connectivity index (χ3n) is 3.53. The van der Waals surface area contributed by atoms with Crippen molar-refractivity contribution in [3.05, 3.63) is 35.4 Å². The average Bonchev–Trinajstić information content (AvgIpc) is 2.89. The second-order valence-corrected chi connectivity index (χ2v) is 4.75. The minimum absolute atomic E-state index is 0.219. The van der Waals surface area contributed by atoms with E-state index in [1.54, 1.807) is 0 Å². The van der Waals surface area contributed by atoms with Gasteiger partial charge in [-0.2, -0.15) is 0 Å². The summed E-state index contributed by atoms with van der Waals surface area (Å²) in [5.41, 5.74) is 1.81. The smallest absolute Gasteiger partial charge is 0.307 e. The van der Waals surface area contributed by atoms with Crippen LogP contribution in [-0.4, -0.2) is 24.2 Å². The van der Waals surface area contributed by atoms with Gasteiger partial charge in [-0.3, -0.25) is 4.79 Å². The van der Waals surface area contributed by atoms with E-state index >= 15 is 0 Å². The van der Waals surface area contributed by atoms with Crippen molar-refractivity contribution in [2.24, 2.45) is 11.8 Å². The molecule has 1 fully saturated rings. The number of nitrogens with one attached hydrogen (secondary N) is 1. The molecule has 0 aromatic heterocycles. The van der Waals surface area contributed by atoms with Gasteiger partial charge in [0.05, 0.1) is 5.92 Å². The summed E-state index contributed by atoms with van der Waals surface area (Å²) in [7, 11) is 0. The number of carbonyl (C=O) groups is 1. The molecule has 0 bridgehead atoms. The summed E-state index contributed by atoms with van der Waals surface area (Å²) in [5.74, 6) is 1.76. The lowest BCUT2D eigenvalue weighted by molar-refractivity contribution is -0.143. The van der Waals surface area contributed by atoms with Crippen LogP contribution in [-0.2, 0) is 11.2 Å². The Morgan fingerprint density at radius 3 is 3.06 bits per heavy atom. The largest absolute Gasteiger partial charge is 0.481 e. The summed E-state index contributed by atoms with van der Waals surface area (Å²) < 4.78 is 0. The van der Waals surface area contributed by atoms with Gasteiger partial charge in [0.1, 0.15) is 0 Å². The zero-order chi connectivity index (χ0) is 13.0. The fourth-order valence-corrected chi connectivity index (χ4v) is 2.52. The predicted molar refractivity (Wildman–Crippen MR) is 70.2 cm³/mol. The zero-order valence-electron chi connectivity index (χ0n) is 10.2. The third-order valence-corrected chi connectivity index (χ3v) is 3.53. The number of hydrogen-bond acceptors (Lipinski definition) is 2. The highest BCUT2D eigenvalue weighted by atomic mass is 16.4. The van der Waals surface area contributed by atoms with Crippen LogP contribution in [0, 0.1) is 24.2 Å². The van der Waals surface area contributed by atoms with Crippen molar-refractivity contribution >= 4 is 5.97 Å². The van der Waals surface area contributed by atoms with Crippen molar-refractivity contribution in [3.8, 4) is 12.3 Å². The number of benzene rings is 1. The van der Waals surface area contributed by atoms with Gasteiger partial charge in [0.25, 0.3) is 0 Å². The zero-order valence-corrected chi connectivity index (χ0v) is 10.2. The molecule has 1 aliphatic rings. The van der Waals surface area contributed by atoms with E-state index in [-0.39, 0.29) is 11.8 Å². The van der Waals surface area contributed by atoms with Crippen LogP contribution in [0.2, 0.25) is 0 Å². The van der Waals surface area contributed by atoms with Crippen LogP contribution in [0.3, 0.4) is 0 Å². The van der Waals surface area contributed by atoms with Crippen molar-refractivity contribution in [1.29, 1.82) is 0 Å². The molecule has 2 N–H and O–H groups in total. The van der Waals surface area contributed by atoms with E-state index < -0.39 is 5.97 Å². The molecule has 1 aliphatic heterocycles. The first-order chi connectivity index (χ1) is 8.70. The Morgan fingerprint density at radius 2 is 2.44 bits per heavy atom. The molecule has 0 radical (unpaired) electrons. The number of carboxylic acids is 1. The van der Waals surface area contributed by atoms with Crippen LogP contribution < -0.4 is 5.32 Å². The Kier molecular flexibility index (Phi) is 4.01. The van der Waals surface area contributed by atoms with E-state index in [0.717, 1.165) is 30.6 Å². The molecule has 94 valence electrons. The number of carboxylic acid groups (broad SMARTS) is 1. The van der Waals surface area contributed by atoms with Gasteiger partial charge in [-0.25, -0.2) is 0 Å². The molecule has 2 atom stereocenters. The lowest BCUT2D eigenvalue weighted by atomic mass is 9.86. The van der Waals surface area contributed by atoms with Gasteiger partial charge >= 0.3 is 5.97 Å². The highest BCUT2D eigenvalue weighted by Crippen LogP contribution is 2.23. The Labute approximate surface area is 107 Å². The maximum atomic E-state index is 11.4. The van der Waals surface area contributed by atoms with E-state index in [0.29, 0.717) is 6.42 Å². The van der Waals surface area contributed by atoms with Gasteiger partial charge in [-0.05, 0) is 49.5 Å². The summed E-state index contributed by atoms with van der Waals surface area (Å²) >= 11 is 0. The monoisotopic (exact) mass is 243 g/mol. The van der Waals surface area contributed by atoms with Crippen molar-refractivity contribution in [2.75, 3.05) is 13.1 Å². The lowest BCUT2D eigenvalue weighted by Crippen LogP contribution is -2.27. The fraction of sp³-hybridized carbons (Fsp3) is 0.400. The molecule has 3 heteroatoms. The fourth-order valence-electron chi connectivity index (χ4n) is 2.52. The van der Waals surface area contributed by atoms with Crippen molar-refractivity contribution in [3.63, 3.8) is 0 Å². The summed E-state index contributed by atoms with van der Waals surface area (Å²) in [4.78, 5) is 11.4. The maximum Gasteiger partial charge on any atom is 0.307 e. The van der Waals surface area contributed by atoms with Gasteiger partial charge < -0.3 is 10.4 Å². The van der Waals surface area contributed by atoms with Crippen LogP contribution in [0.4, 0.5) is 0 Å². The van der Waals surface area contributed by atoms with Crippen molar-refractivity contribution in [2.45, 2.75) is 12.8 Å². The Hall–Kier alpha value is -1.79. The molecule has 2 rings (SSSR count). The lowest BCUT2D eigenvalue weighted by Gasteiger charge is -2.18. The first kappa shape index (κ1) is 12.7. The van der Waals surface area contributed by atoms with E-state index in [9.17, 15) is 9.90 Å². The number of terminal acetylenes is 1. The summed E-state index contributed by atoms with van der Waals surface area (Å²) in [5, 5.41) is 12.6. The number of aliphatic carboxylic acids is 1. The van der Waals surface area contributed by atoms with Crippen LogP contribution >= 0.6 is 0 Å². The highest BCUT2D eigenvalue weighted by molar-refractivity contribution is 5.71. The third kappa shape index (κ3) is 2.91. The van der Waals surface area contributed by atoms with Crippen LogP contribution in [0.25, 0.3) is 0 Å². The number of hydrogen-bond donors (Lipinski definition) is 2. The molecule has 0 unspecified atom stereocenters. The molecular formula is C15H17NO2. The molecule has 18 heavy (non-hydrogen) atoms. The molecule has 1 aromatic carbocycles. The topological polar surface area (TPSA) is 49.3 Å². The Bertz CT molecular complexity index is 470. The SMILES string of the molecule is C#Cc1cccc(C[C@H](C(=O)O)[C@H]2CCNC2)c1. The first-order valence-electron chi connectivity index (χ1n) is 6.20. The summed E-state index contributed by atoms with van der Waals surface area (Å²) in [6, 6.07) is 7.59. The molecule has 0 saturated carbocycles. The van der Waals surface area contributed by atoms with E-state index in [1.165, 1.54) is 0 Å². The van der Waals surface area contributed by atoms with Gasteiger partial charge in [0.15, 0.2) is 0 Å². The standard InChI is InChI=1S/C15H17NO2/c1-2-11-4-3-5-12(8-11)9-14(15(17)18)13-6-7-16-10-13/h1,3-5,8,13-14,16H,6-7,9-10H2,(H,17,18)/t13-,14-/m0/s1.